The number of aryl methyl sites for hydroxylation is 1. The number of pyridine rings is 1. The van der Waals surface area contributed by atoms with Gasteiger partial charge in [0, 0.05) is 17.5 Å². The van der Waals surface area contributed by atoms with E-state index in [4.69, 9.17) is 4.98 Å². The van der Waals surface area contributed by atoms with Crippen molar-refractivity contribution in [1.82, 2.24) is 10.3 Å². The third-order valence-corrected chi connectivity index (χ3v) is 5.88. The Kier molecular flexibility index (Phi) is 6.09. The summed E-state index contributed by atoms with van der Waals surface area (Å²) in [6.45, 7) is 9.14. The molecule has 4 aromatic rings. The van der Waals surface area contributed by atoms with Gasteiger partial charge in [-0.1, -0.05) is 93.6 Å². The first-order valence-corrected chi connectivity index (χ1v) is 11.2. The molecule has 32 heavy (non-hydrogen) atoms. The van der Waals surface area contributed by atoms with Gasteiger partial charge in [-0.25, -0.2) is 0 Å². The van der Waals surface area contributed by atoms with Gasteiger partial charge in [-0.2, -0.15) is 0 Å². The van der Waals surface area contributed by atoms with Gasteiger partial charge < -0.3 is 5.32 Å². The first-order valence-electron chi connectivity index (χ1n) is 11.2. The van der Waals surface area contributed by atoms with E-state index in [1.165, 1.54) is 11.1 Å². The molecule has 3 heteroatoms. The fourth-order valence-corrected chi connectivity index (χ4v) is 4.10. The number of aromatic nitrogens is 1. The van der Waals surface area contributed by atoms with Crippen molar-refractivity contribution in [2.45, 2.75) is 39.5 Å². The van der Waals surface area contributed by atoms with Crippen LogP contribution >= 0.6 is 0 Å². The second-order valence-electron chi connectivity index (χ2n) is 9.28. The molecule has 162 valence electrons. The molecule has 0 atom stereocenters. The van der Waals surface area contributed by atoms with E-state index in [2.05, 4.69) is 62.5 Å². The maximum atomic E-state index is 13.3. The standard InChI is InChI=1S/C29H30N2O/c1-20-26(28(32)30-19-18-21-14-16-23(17-15-21)29(2,3)4)27(22-10-6-5-7-11-22)24-12-8-9-13-25(24)31-20/h5-17H,18-19H2,1-4H3,(H,30,32). The monoisotopic (exact) mass is 422 g/mol. The summed E-state index contributed by atoms with van der Waals surface area (Å²) in [5.41, 5.74) is 6.94. The van der Waals surface area contributed by atoms with Crippen molar-refractivity contribution < 1.29 is 4.79 Å². The first kappa shape index (κ1) is 21.8. The molecule has 1 aromatic heterocycles. The van der Waals surface area contributed by atoms with Crippen LogP contribution in [0.25, 0.3) is 22.0 Å². The van der Waals surface area contributed by atoms with Gasteiger partial charge in [-0.15, -0.1) is 0 Å². The third kappa shape index (κ3) is 4.57. The lowest BCUT2D eigenvalue weighted by Crippen LogP contribution is -2.27. The summed E-state index contributed by atoms with van der Waals surface area (Å²) in [4.78, 5) is 18.0. The van der Waals surface area contributed by atoms with Gasteiger partial charge in [0.25, 0.3) is 5.91 Å². The van der Waals surface area contributed by atoms with Gasteiger partial charge >= 0.3 is 0 Å². The number of carbonyl (C=O) groups excluding carboxylic acids is 1. The Hall–Kier alpha value is -3.46. The van der Waals surface area contributed by atoms with Gasteiger partial charge in [0.1, 0.15) is 0 Å². The van der Waals surface area contributed by atoms with Gasteiger partial charge in [0.15, 0.2) is 0 Å². The van der Waals surface area contributed by atoms with Crippen molar-refractivity contribution in [2.75, 3.05) is 6.54 Å². The number of rotatable bonds is 5. The molecule has 0 radical (unpaired) electrons. The van der Waals surface area contributed by atoms with Crippen LogP contribution in [-0.2, 0) is 11.8 Å². The number of amides is 1. The molecule has 4 rings (SSSR count). The van der Waals surface area contributed by atoms with E-state index in [-0.39, 0.29) is 11.3 Å². The van der Waals surface area contributed by atoms with E-state index in [1.807, 2.05) is 49.4 Å². The zero-order chi connectivity index (χ0) is 22.7. The van der Waals surface area contributed by atoms with Crippen LogP contribution in [0.5, 0.6) is 0 Å². The van der Waals surface area contributed by atoms with Crippen LogP contribution in [0.1, 0.15) is 48.0 Å². The molecule has 0 spiro atoms. The molecule has 1 amide bonds. The van der Waals surface area contributed by atoms with Gasteiger partial charge in [0.05, 0.1) is 16.8 Å². The fraction of sp³-hybridized carbons (Fsp3) is 0.241. The Balaban J connectivity index is 1.59. The number of para-hydroxylation sites is 1. The zero-order valence-electron chi connectivity index (χ0n) is 19.3. The Morgan fingerprint density at radius 3 is 2.22 bits per heavy atom. The molecular weight excluding hydrogens is 392 g/mol. The number of fused-ring (bicyclic) bond motifs is 1. The summed E-state index contributed by atoms with van der Waals surface area (Å²) in [6.07, 6.45) is 0.789. The fourth-order valence-electron chi connectivity index (χ4n) is 4.10. The summed E-state index contributed by atoms with van der Waals surface area (Å²) in [5.74, 6) is -0.0779. The number of nitrogens with zero attached hydrogens (tertiary/aromatic N) is 1. The summed E-state index contributed by atoms with van der Waals surface area (Å²) >= 11 is 0. The van der Waals surface area contributed by atoms with E-state index in [1.54, 1.807) is 0 Å². The van der Waals surface area contributed by atoms with E-state index in [0.29, 0.717) is 12.1 Å². The lowest BCUT2D eigenvalue weighted by Gasteiger charge is -2.19. The third-order valence-electron chi connectivity index (χ3n) is 5.88. The molecule has 0 unspecified atom stereocenters. The molecule has 3 nitrogen and oxygen atoms in total. The van der Waals surface area contributed by atoms with Crippen LogP contribution in [0.4, 0.5) is 0 Å². The minimum absolute atomic E-state index is 0.0779. The van der Waals surface area contributed by atoms with Crippen molar-refractivity contribution in [3.63, 3.8) is 0 Å². The van der Waals surface area contributed by atoms with Crippen molar-refractivity contribution in [1.29, 1.82) is 0 Å². The Labute approximate surface area is 190 Å². The molecule has 0 aliphatic carbocycles. The molecule has 0 aliphatic rings. The van der Waals surface area contributed by atoms with Gasteiger partial charge in [-0.05, 0) is 41.5 Å². The molecular formula is C29H30N2O. The summed E-state index contributed by atoms with van der Waals surface area (Å²) in [6, 6.07) is 26.8. The second-order valence-corrected chi connectivity index (χ2v) is 9.28. The minimum Gasteiger partial charge on any atom is -0.352 e. The maximum Gasteiger partial charge on any atom is 0.253 e. The summed E-state index contributed by atoms with van der Waals surface area (Å²) in [5, 5.41) is 4.12. The molecule has 0 bridgehead atoms. The van der Waals surface area contributed by atoms with Crippen molar-refractivity contribution in [3.05, 3.63) is 101 Å². The summed E-state index contributed by atoms with van der Waals surface area (Å²) < 4.78 is 0. The average Bonchev–Trinajstić information content (AvgIpc) is 2.78. The van der Waals surface area contributed by atoms with Crippen LogP contribution < -0.4 is 5.32 Å². The van der Waals surface area contributed by atoms with E-state index in [0.717, 1.165) is 34.1 Å². The SMILES string of the molecule is Cc1nc2ccccc2c(-c2ccccc2)c1C(=O)NCCc1ccc(C(C)(C)C)cc1. The zero-order valence-corrected chi connectivity index (χ0v) is 19.3. The smallest absolute Gasteiger partial charge is 0.253 e. The van der Waals surface area contributed by atoms with E-state index in [9.17, 15) is 4.79 Å². The lowest BCUT2D eigenvalue weighted by molar-refractivity contribution is 0.0954. The van der Waals surface area contributed by atoms with Crippen LogP contribution in [0, 0.1) is 6.92 Å². The highest BCUT2D eigenvalue weighted by Crippen LogP contribution is 2.33. The number of hydrogen-bond acceptors (Lipinski definition) is 2. The summed E-state index contributed by atoms with van der Waals surface area (Å²) in [7, 11) is 0. The largest absolute Gasteiger partial charge is 0.352 e. The highest BCUT2D eigenvalue weighted by Gasteiger charge is 2.20. The molecule has 0 aliphatic heterocycles. The minimum atomic E-state index is -0.0779. The van der Waals surface area contributed by atoms with Crippen LogP contribution in [0.3, 0.4) is 0 Å². The van der Waals surface area contributed by atoms with Crippen molar-refractivity contribution in [3.8, 4) is 11.1 Å². The quantitative estimate of drug-likeness (QED) is 0.400. The second kappa shape index (κ2) is 8.96. The molecule has 3 aromatic carbocycles. The predicted octanol–water partition coefficient (Wildman–Crippen LogP) is 6.48. The molecule has 1 N–H and O–H groups in total. The Bertz CT molecular complexity index is 1240. The molecule has 0 saturated heterocycles. The van der Waals surface area contributed by atoms with Crippen molar-refractivity contribution in [2.24, 2.45) is 0 Å². The molecule has 0 saturated carbocycles. The Morgan fingerprint density at radius 2 is 1.53 bits per heavy atom. The first-order chi connectivity index (χ1) is 15.3. The molecule has 0 fully saturated rings. The number of hydrogen-bond donors (Lipinski definition) is 1. The Morgan fingerprint density at radius 1 is 0.875 bits per heavy atom. The number of nitrogens with one attached hydrogen (secondary N) is 1. The highest BCUT2D eigenvalue weighted by molar-refractivity contribution is 6.09. The molecule has 1 heterocycles. The van der Waals surface area contributed by atoms with Crippen LogP contribution in [0.15, 0.2) is 78.9 Å². The van der Waals surface area contributed by atoms with Crippen LogP contribution in [-0.4, -0.2) is 17.4 Å². The predicted molar refractivity (Wildman–Crippen MR) is 133 cm³/mol. The van der Waals surface area contributed by atoms with E-state index >= 15 is 0 Å². The topological polar surface area (TPSA) is 42.0 Å². The average molecular weight is 423 g/mol. The van der Waals surface area contributed by atoms with E-state index < -0.39 is 0 Å². The van der Waals surface area contributed by atoms with Crippen LogP contribution in [0.2, 0.25) is 0 Å². The number of benzene rings is 3. The normalized spacial score (nSPS) is 11.5. The van der Waals surface area contributed by atoms with Gasteiger partial charge in [0.2, 0.25) is 0 Å². The highest BCUT2D eigenvalue weighted by atomic mass is 16.1. The van der Waals surface area contributed by atoms with Gasteiger partial charge in [-0.3, -0.25) is 9.78 Å². The lowest BCUT2D eigenvalue weighted by atomic mass is 9.86. The maximum absolute atomic E-state index is 13.3. The number of carbonyl (C=O) groups is 1. The van der Waals surface area contributed by atoms with Crippen molar-refractivity contribution >= 4 is 16.8 Å².